The number of benzene rings is 2. The van der Waals surface area contributed by atoms with Crippen LogP contribution >= 0.6 is 11.3 Å². The lowest BCUT2D eigenvalue weighted by Crippen LogP contribution is -2.74. The predicted molar refractivity (Wildman–Crippen MR) is 252 cm³/mol. The van der Waals surface area contributed by atoms with Gasteiger partial charge in [0.2, 0.25) is 5.95 Å². The second kappa shape index (κ2) is 16.5. The van der Waals surface area contributed by atoms with E-state index in [-0.39, 0.29) is 34.9 Å². The van der Waals surface area contributed by atoms with Gasteiger partial charge in [-0.2, -0.15) is 5.26 Å². The Hall–Kier alpha value is -6.40. The van der Waals surface area contributed by atoms with Gasteiger partial charge in [0.05, 0.1) is 36.6 Å². The number of nitrogens with one attached hydrogen (secondary N) is 1. The normalized spacial score (nSPS) is 21.3. The van der Waals surface area contributed by atoms with Crippen LogP contribution in [-0.2, 0) is 12.8 Å². The van der Waals surface area contributed by atoms with Gasteiger partial charge in [-0.1, -0.05) is 52.0 Å². The maximum Gasteiger partial charge on any atom is 0.254 e. The largest absolute Gasteiger partial charge is 0.495 e. The summed E-state index contributed by atoms with van der Waals surface area (Å²) in [6, 6.07) is 16.0. The minimum absolute atomic E-state index is 0.156. The molecule has 10 rings (SSSR count). The van der Waals surface area contributed by atoms with E-state index >= 15 is 0 Å². The van der Waals surface area contributed by atoms with E-state index in [1.165, 1.54) is 36.0 Å². The number of aliphatic imine (C=N–C) groups is 1. The average Bonchev–Trinajstić information content (AvgIpc) is 4.02. The van der Waals surface area contributed by atoms with Gasteiger partial charge in [0, 0.05) is 64.4 Å². The molecule has 340 valence electrons. The second-order valence-corrected chi connectivity index (χ2v) is 21.2. The van der Waals surface area contributed by atoms with E-state index < -0.39 is 0 Å². The molecule has 2 aliphatic carbocycles. The van der Waals surface area contributed by atoms with Crippen LogP contribution in [0.4, 0.5) is 5.95 Å². The molecule has 66 heavy (non-hydrogen) atoms. The summed E-state index contributed by atoms with van der Waals surface area (Å²) in [5.74, 6) is 4.49. The van der Waals surface area contributed by atoms with Crippen LogP contribution in [0.15, 0.2) is 76.7 Å². The molecule has 1 saturated heterocycles. The van der Waals surface area contributed by atoms with E-state index in [1.807, 2.05) is 6.92 Å². The Labute approximate surface area is 389 Å². The second-order valence-electron chi connectivity index (χ2n) is 20.0. The van der Waals surface area contributed by atoms with E-state index in [1.54, 1.807) is 54.4 Å². The van der Waals surface area contributed by atoms with Crippen molar-refractivity contribution in [3.8, 4) is 22.6 Å². The van der Waals surface area contributed by atoms with Crippen LogP contribution < -0.4 is 19.7 Å². The lowest BCUT2D eigenvalue weighted by atomic mass is 9.49. The number of fused-ring (bicyclic) bond motifs is 3. The average molecular weight is 905 g/mol. The molecule has 15 heteroatoms. The molecule has 6 aromatic rings. The summed E-state index contributed by atoms with van der Waals surface area (Å²) in [4.78, 5) is 36.3. The van der Waals surface area contributed by atoms with Crippen LogP contribution in [-0.4, -0.2) is 73.7 Å². The van der Waals surface area contributed by atoms with Crippen molar-refractivity contribution in [2.24, 2.45) is 27.2 Å². The van der Waals surface area contributed by atoms with Crippen molar-refractivity contribution in [2.45, 2.75) is 105 Å². The zero-order valence-electron chi connectivity index (χ0n) is 38.9. The number of aromatic nitrogens is 6. The number of anilines is 1. The fraction of sp³-hybridized carbons (Fsp3) is 0.451. The van der Waals surface area contributed by atoms with Gasteiger partial charge in [0.25, 0.3) is 5.91 Å². The van der Waals surface area contributed by atoms with Crippen LogP contribution in [0.25, 0.3) is 5.00 Å². The number of ether oxygens (including phenoxy) is 2. The van der Waals surface area contributed by atoms with Gasteiger partial charge in [0.15, 0.2) is 11.7 Å². The Bertz CT molecular complexity index is 2840. The van der Waals surface area contributed by atoms with Gasteiger partial charge in [-0.25, -0.2) is 15.0 Å². The summed E-state index contributed by atoms with van der Waals surface area (Å²) in [7, 11) is 1.54. The molecule has 3 fully saturated rings. The molecule has 0 radical (unpaired) electrons. The number of hydrogen-bond donors (Lipinski definition) is 1. The Morgan fingerprint density at radius 1 is 0.970 bits per heavy atom. The molecule has 1 atom stereocenters. The molecule has 1 spiro atoms. The molecular weight excluding hydrogens is 849 g/mol. The van der Waals surface area contributed by atoms with Crippen molar-refractivity contribution >= 4 is 28.9 Å². The van der Waals surface area contributed by atoms with Gasteiger partial charge in [-0.05, 0) is 87.5 Å². The van der Waals surface area contributed by atoms with E-state index in [2.05, 4.69) is 112 Å². The van der Waals surface area contributed by atoms with Gasteiger partial charge in [0.1, 0.15) is 46.8 Å². The maximum atomic E-state index is 13.6. The highest BCUT2D eigenvalue weighted by Crippen LogP contribution is 2.56. The van der Waals surface area contributed by atoms with Gasteiger partial charge in [-0.15, -0.1) is 21.5 Å². The SMILES string of the molecule is COc1cc(OC2C(C)(C)C(NC(=O)c3cnc(N4CCC5(CC4)CC(Cc4ccc(C6=N[C@@H](Cc7ncco7)c7nnc(C)n7-c7sc(C)c(C)c76)cc4)C5)nc3)C2(C)C)ccc1C#N. The van der Waals surface area contributed by atoms with Crippen LogP contribution in [0.2, 0.25) is 0 Å². The standard InChI is InChI=1S/C51H56N10O4S/c1-29-30(2)66-45-41(29)42(56-38(23-40-53-17-20-64-40)43-59-58-31(3)61(43)45)34-11-9-32(10-12-34)21-33-24-51(25-33)15-18-60(19-16-51)48-54-27-36(28-55-48)44(62)57-46-49(4,5)47(50(46,6)7)65-37-14-13-35(26-52)39(22-37)63-8/h9-14,17,20,22,27-28,33,38,46-47H,15-16,18-19,21,23-25H2,1-8H3,(H,57,62)/t38-,46?,47?/m0/s1. The topological polar surface area (TPSA) is 169 Å². The summed E-state index contributed by atoms with van der Waals surface area (Å²) >= 11 is 1.77. The lowest BCUT2D eigenvalue weighted by molar-refractivity contribution is -0.164. The lowest BCUT2D eigenvalue weighted by Gasteiger charge is -2.63. The number of aryl methyl sites for hydroxylation is 2. The first-order valence-electron chi connectivity index (χ1n) is 22.9. The fourth-order valence-electron chi connectivity index (χ4n) is 11.7. The number of rotatable bonds is 11. The first-order valence-corrected chi connectivity index (χ1v) is 23.7. The number of methoxy groups -OCH3 is 1. The summed E-state index contributed by atoms with van der Waals surface area (Å²) in [5.41, 5.74) is 6.31. The Balaban J connectivity index is 0.736. The molecule has 14 nitrogen and oxygen atoms in total. The number of carbonyl (C=O) groups excluding carboxylic acids is 1. The van der Waals surface area contributed by atoms with Gasteiger partial charge in [-0.3, -0.25) is 14.4 Å². The quantitative estimate of drug-likeness (QED) is 0.132. The Kier molecular flexibility index (Phi) is 10.9. The van der Waals surface area contributed by atoms with Crippen LogP contribution in [0, 0.1) is 54.3 Å². The van der Waals surface area contributed by atoms with Crippen molar-refractivity contribution in [1.29, 1.82) is 5.26 Å². The molecular formula is C51H56N10O4S. The van der Waals surface area contributed by atoms with E-state index in [0.717, 1.165) is 65.8 Å². The first kappa shape index (κ1) is 43.5. The first-order chi connectivity index (χ1) is 31.7. The highest BCUT2D eigenvalue weighted by Gasteiger charge is 2.64. The monoisotopic (exact) mass is 904 g/mol. The number of carbonyl (C=O) groups is 1. The molecule has 4 aliphatic rings. The van der Waals surface area contributed by atoms with Crippen LogP contribution in [0.3, 0.4) is 0 Å². The summed E-state index contributed by atoms with van der Waals surface area (Å²) in [5, 5.41) is 22.8. The summed E-state index contributed by atoms with van der Waals surface area (Å²) < 4.78 is 19.7. The third-order valence-electron chi connectivity index (χ3n) is 15.0. The molecule has 2 aromatic carbocycles. The number of thiophene rings is 1. The number of nitrogens with zero attached hydrogens (tertiary/aromatic N) is 9. The third kappa shape index (κ3) is 7.52. The fourth-order valence-corrected chi connectivity index (χ4v) is 12.9. The highest BCUT2D eigenvalue weighted by molar-refractivity contribution is 7.15. The van der Waals surface area contributed by atoms with Crippen LogP contribution in [0.1, 0.15) is 120 Å². The summed E-state index contributed by atoms with van der Waals surface area (Å²) in [6.45, 7) is 16.6. The Morgan fingerprint density at radius 3 is 2.36 bits per heavy atom. The zero-order valence-corrected chi connectivity index (χ0v) is 39.7. The maximum absolute atomic E-state index is 13.6. The molecule has 6 heterocycles. The predicted octanol–water partition coefficient (Wildman–Crippen LogP) is 8.90. The zero-order chi connectivity index (χ0) is 46.1. The minimum Gasteiger partial charge on any atom is -0.495 e. The van der Waals surface area contributed by atoms with E-state index in [4.69, 9.17) is 18.9 Å². The van der Waals surface area contributed by atoms with Crippen LogP contribution in [0.5, 0.6) is 11.5 Å². The summed E-state index contributed by atoms with van der Waals surface area (Å²) in [6.07, 6.45) is 12.6. The van der Waals surface area contributed by atoms with Crippen molar-refractivity contribution in [3.63, 3.8) is 0 Å². The molecule has 0 unspecified atom stereocenters. The third-order valence-corrected chi connectivity index (χ3v) is 16.1. The van der Waals surface area contributed by atoms with E-state index in [0.29, 0.717) is 52.2 Å². The smallest absolute Gasteiger partial charge is 0.254 e. The molecule has 1 N–H and O–H groups in total. The Morgan fingerprint density at radius 2 is 1.70 bits per heavy atom. The number of nitriles is 1. The van der Waals surface area contributed by atoms with Crippen molar-refractivity contribution in [1.82, 2.24) is 35.0 Å². The molecule has 1 amide bonds. The minimum atomic E-state index is -0.372. The number of amides is 1. The molecule has 2 aliphatic heterocycles. The van der Waals surface area contributed by atoms with Crippen molar-refractivity contribution in [2.75, 3.05) is 25.1 Å². The molecule has 0 bridgehead atoms. The van der Waals surface area contributed by atoms with Gasteiger partial charge < -0.3 is 24.1 Å². The highest BCUT2D eigenvalue weighted by atomic mass is 32.1. The number of piperidine rings is 1. The molecule has 4 aromatic heterocycles. The van der Waals surface area contributed by atoms with E-state index in [9.17, 15) is 10.1 Å². The number of hydrogen-bond acceptors (Lipinski definition) is 13. The molecule has 2 saturated carbocycles. The number of oxazole rings is 1. The van der Waals surface area contributed by atoms with Crippen molar-refractivity contribution in [3.05, 3.63) is 123 Å². The van der Waals surface area contributed by atoms with Gasteiger partial charge >= 0.3 is 0 Å². The van der Waals surface area contributed by atoms with Crippen molar-refractivity contribution < 1.29 is 18.7 Å².